The maximum absolute atomic E-state index is 7.01. The summed E-state index contributed by atoms with van der Waals surface area (Å²) in [4.78, 5) is 4.42. The van der Waals surface area contributed by atoms with Gasteiger partial charge in [0.05, 0.1) is 18.5 Å². The summed E-state index contributed by atoms with van der Waals surface area (Å²) in [6, 6.07) is 42.0. The van der Waals surface area contributed by atoms with Gasteiger partial charge in [-0.05, 0) is 93.1 Å². The van der Waals surface area contributed by atoms with Crippen molar-refractivity contribution in [3.63, 3.8) is 0 Å². The van der Waals surface area contributed by atoms with Crippen LogP contribution in [0.5, 0.6) is 0 Å². The van der Waals surface area contributed by atoms with Gasteiger partial charge in [-0.1, -0.05) is 154 Å². The van der Waals surface area contributed by atoms with E-state index in [1.165, 1.54) is 74.8 Å². The van der Waals surface area contributed by atoms with Crippen LogP contribution in [0.15, 0.2) is 138 Å². The SMILES string of the molecule is CC1C=Cc2c(sc3cc(C4(C)CC=Cc5c4sc4c5CC(C)C=C4c4cccc5c4oc4cccc(C6NC(c7ccccc7)NC(c7ccccc7)N6)c45)ccc23)C1. The molecule has 60 heavy (non-hydrogen) atoms. The molecule has 0 spiro atoms. The number of para-hydroxylation sites is 1. The van der Waals surface area contributed by atoms with Crippen LogP contribution in [0.3, 0.4) is 0 Å². The highest BCUT2D eigenvalue weighted by atomic mass is 32.1. The predicted octanol–water partition coefficient (Wildman–Crippen LogP) is 13.6. The van der Waals surface area contributed by atoms with Gasteiger partial charge in [-0.25, -0.2) is 0 Å². The molecule has 1 fully saturated rings. The number of hydrogen-bond donors (Lipinski definition) is 3. The Morgan fingerprint density at radius 3 is 2.22 bits per heavy atom. The van der Waals surface area contributed by atoms with E-state index in [0.717, 1.165) is 41.2 Å². The van der Waals surface area contributed by atoms with E-state index in [1.54, 1.807) is 0 Å². The van der Waals surface area contributed by atoms with E-state index in [-0.39, 0.29) is 23.9 Å². The maximum atomic E-state index is 7.01. The van der Waals surface area contributed by atoms with E-state index in [2.05, 4.69) is 182 Å². The van der Waals surface area contributed by atoms with E-state index in [9.17, 15) is 0 Å². The molecule has 296 valence electrons. The highest BCUT2D eigenvalue weighted by molar-refractivity contribution is 7.19. The number of hydrogen-bond acceptors (Lipinski definition) is 6. The fraction of sp³-hybridized carbons (Fsp3) is 0.222. The van der Waals surface area contributed by atoms with E-state index in [0.29, 0.717) is 11.8 Å². The molecule has 0 radical (unpaired) electrons. The second-order valence-corrected chi connectivity index (χ2v) is 19.8. The third-order valence-corrected chi connectivity index (χ3v) is 16.3. The van der Waals surface area contributed by atoms with Gasteiger partial charge in [-0.2, -0.15) is 0 Å². The third kappa shape index (κ3) is 5.80. The van der Waals surface area contributed by atoms with E-state index in [1.807, 2.05) is 22.7 Å². The Labute approximate surface area is 359 Å². The van der Waals surface area contributed by atoms with Crippen LogP contribution in [0.2, 0.25) is 0 Å². The summed E-state index contributed by atoms with van der Waals surface area (Å²) in [6.45, 7) is 7.18. The van der Waals surface area contributed by atoms with Crippen molar-refractivity contribution in [3.05, 3.63) is 193 Å². The fourth-order valence-electron chi connectivity index (χ4n) is 10.5. The van der Waals surface area contributed by atoms with Crippen LogP contribution in [-0.4, -0.2) is 0 Å². The van der Waals surface area contributed by atoms with Gasteiger partial charge in [0.15, 0.2) is 0 Å². The van der Waals surface area contributed by atoms with Crippen molar-refractivity contribution in [2.45, 2.75) is 63.9 Å². The largest absolute Gasteiger partial charge is 0.455 e. The molecule has 4 aliphatic rings. The predicted molar refractivity (Wildman–Crippen MR) is 252 cm³/mol. The first-order valence-electron chi connectivity index (χ1n) is 21.5. The van der Waals surface area contributed by atoms with Crippen LogP contribution < -0.4 is 16.0 Å². The molecule has 8 aromatic rings. The zero-order valence-corrected chi connectivity index (χ0v) is 35.7. The zero-order chi connectivity index (χ0) is 40.1. The highest BCUT2D eigenvalue weighted by Crippen LogP contribution is 2.53. The molecule has 1 saturated heterocycles. The van der Waals surface area contributed by atoms with Crippen LogP contribution in [0, 0.1) is 11.8 Å². The Morgan fingerprint density at radius 1 is 0.683 bits per heavy atom. The molecule has 3 aliphatic carbocycles. The van der Waals surface area contributed by atoms with E-state index >= 15 is 0 Å². The second kappa shape index (κ2) is 14.1. The summed E-state index contributed by atoms with van der Waals surface area (Å²) in [6.07, 6.45) is 15.0. The molecule has 0 bridgehead atoms. The van der Waals surface area contributed by atoms with Crippen LogP contribution in [0.1, 0.15) is 105 Å². The molecule has 1 aliphatic heterocycles. The Hall–Kier alpha value is -5.34. The first-order valence-corrected chi connectivity index (χ1v) is 23.1. The molecule has 12 rings (SSSR count). The number of benzene rings is 5. The summed E-state index contributed by atoms with van der Waals surface area (Å²) < 4.78 is 8.43. The minimum atomic E-state index is -0.136. The molecular weight excluding hydrogens is 771 g/mol. The van der Waals surface area contributed by atoms with Crippen molar-refractivity contribution in [1.29, 1.82) is 0 Å². The summed E-state index contributed by atoms with van der Waals surface area (Å²) in [5, 5.41) is 15.4. The minimum Gasteiger partial charge on any atom is -0.455 e. The smallest absolute Gasteiger partial charge is 0.143 e. The molecule has 4 heterocycles. The van der Waals surface area contributed by atoms with Crippen molar-refractivity contribution in [2.75, 3.05) is 0 Å². The molecule has 3 aromatic heterocycles. The highest BCUT2D eigenvalue weighted by Gasteiger charge is 2.39. The molecule has 3 N–H and O–H groups in total. The molecule has 0 amide bonds. The van der Waals surface area contributed by atoms with Gasteiger partial charge in [-0.3, -0.25) is 16.0 Å². The number of furan rings is 1. The molecular formula is C54H47N3OS2. The first-order chi connectivity index (χ1) is 29.4. The Morgan fingerprint density at radius 2 is 1.43 bits per heavy atom. The zero-order valence-electron chi connectivity index (χ0n) is 34.1. The van der Waals surface area contributed by atoms with Gasteiger partial charge in [0.2, 0.25) is 0 Å². The normalized spacial score (nSPS) is 24.7. The standard InChI is InChI=1S/C54H47N3OS2/c1-31-22-24-36-37-25-23-35(30-46(37)59-45(36)29-31)54(3)26-12-20-39-43-28-32(2)27-42(49(43)60-50(39)54)38-17-10-18-40-47-41(19-11-21-44(47)58-48(38)40)53-56-51(33-13-6-4-7-14-33)55-52(57-53)34-15-8-5-9-16-34/h4-25,27,30-32,51-53,55-57H,26,28-29H2,1-3H3. The van der Waals surface area contributed by atoms with Crippen LogP contribution in [0.25, 0.3) is 49.7 Å². The molecule has 5 unspecified atom stereocenters. The number of thiophene rings is 2. The second-order valence-electron chi connectivity index (χ2n) is 17.7. The molecule has 4 nitrogen and oxygen atoms in total. The Balaban J connectivity index is 0.955. The van der Waals surface area contributed by atoms with Crippen molar-refractivity contribution < 1.29 is 4.42 Å². The summed E-state index contributed by atoms with van der Waals surface area (Å²) in [5.41, 5.74) is 13.6. The maximum Gasteiger partial charge on any atom is 0.143 e. The Bertz CT molecular complexity index is 3030. The van der Waals surface area contributed by atoms with Gasteiger partial charge in [0.1, 0.15) is 11.2 Å². The average Bonchev–Trinajstić information content (AvgIpc) is 3.98. The number of rotatable bonds is 5. The fourth-order valence-corrected chi connectivity index (χ4v) is 13.4. The lowest BCUT2D eigenvalue weighted by Crippen LogP contribution is -2.54. The monoisotopic (exact) mass is 817 g/mol. The van der Waals surface area contributed by atoms with E-state index < -0.39 is 0 Å². The van der Waals surface area contributed by atoms with Crippen molar-refractivity contribution in [1.82, 2.24) is 16.0 Å². The van der Waals surface area contributed by atoms with Crippen LogP contribution in [-0.2, 0) is 18.3 Å². The average molecular weight is 818 g/mol. The Kier molecular flexibility index (Phi) is 8.59. The summed E-state index contributed by atoms with van der Waals surface area (Å²) in [5.74, 6) is 1.01. The van der Waals surface area contributed by atoms with Gasteiger partial charge < -0.3 is 4.42 Å². The molecule has 6 heteroatoms. The quantitative estimate of drug-likeness (QED) is 0.162. The lowest BCUT2D eigenvalue weighted by atomic mass is 9.72. The summed E-state index contributed by atoms with van der Waals surface area (Å²) in [7, 11) is 0. The number of nitrogens with one attached hydrogen (secondary N) is 3. The van der Waals surface area contributed by atoms with Crippen LogP contribution >= 0.6 is 22.7 Å². The first kappa shape index (κ1) is 36.5. The van der Waals surface area contributed by atoms with Crippen molar-refractivity contribution in [2.24, 2.45) is 11.8 Å². The van der Waals surface area contributed by atoms with Crippen molar-refractivity contribution in [3.8, 4) is 0 Å². The van der Waals surface area contributed by atoms with E-state index in [4.69, 9.17) is 4.42 Å². The molecule has 5 aromatic carbocycles. The lowest BCUT2D eigenvalue weighted by molar-refractivity contribution is 0.204. The lowest BCUT2D eigenvalue weighted by Gasteiger charge is -2.39. The van der Waals surface area contributed by atoms with Gasteiger partial charge in [0.25, 0.3) is 0 Å². The van der Waals surface area contributed by atoms with Gasteiger partial charge in [-0.15, -0.1) is 22.7 Å². The van der Waals surface area contributed by atoms with Crippen molar-refractivity contribution >= 4 is 72.4 Å². The summed E-state index contributed by atoms with van der Waals surface area (Å²) >= 11 is 4.02. The molecule has 0 saturated carbocycles. The number of fused-ring (bicyclic) bond motifs is 9. The topological polar surface area (TPSA) is 49.2 Å². The number of allylic oxidation sites excluding steroid dienone is 3. The minimum absolute atomic E-state index is 0.0536. The molecule has 5 atom stereocenters. The third-order valence-electron chi connectivity index (χ3n) is 13.5. The van der Waals surface area contributed by atoms with Gasteiger partial charge >= 0.3 is 0 Å². The van der Waals surface area contributed by atoms with Gasteiger partial charge in [0, 0.05) is 41.1 Å². The van der Waals surface area contributed by atoms with Crippen LogP contribution in [0.4, 0.5) is 0 Å².